The van der Waals surface area contributed by atoms with Crippen molar-refractivity contribution < 1.29 is 14.3 Å². The summed E-state index contributed by atoms with van der Waals surface area (Å²) < 4.78 is 10.4. The van der Waals surface area contributed by atoms with Gasteiger partial charge in [-0.25, -0.2) is 0 Å². The fourth-order valence-electron chi connectivity index (χ4n) is 1.51. The van der Waals surface area contributed by atoms with Crippen molar-refractivity contribution in [1.82, 2.24) is 0 Å². The topological polar surface area (TPSA) is 35.5 Å². The minimum Gasteiger partial charge on any atom is -0.463 e. The molecule has 0 amide bonds. The van der Waals surface area contributed by atoms with Crippen molar-refractivity contribution in [2.24, 2.45) is 0 Å². The number of carbonyl (C=O) groups is 1. The molecular weight excluding hydrogens is 168 g/mol. The van der Waals surface area contributed by atoms with Gasteiger partial charge >= 0.3 is 5.97 Å². The van der Waals surface area contributed by atoms with E-state index in [1.165, 1.54) is 12.5 Å². The van der Waals surface area contributed by atoms with Crippen molar-refractivity contribution >= 4 is 5.97 Å². The molecule has 1 heterocycles. The first-order valence-electron chi connectivity index (χ1n) is 4.54. The molecule has 1 aliphatic rings. The number of hydrogen-bond acceptors (Lipinski definition) is 3. The molecule has 1 aliphatic heterocycles. The van der Waals surface area contributed by atoms with E-state index in [1.807, 2.05) is 13.0 Å². The predicted molar refractivity (Wildman–Crippen MR) is 49.3 cm³/mol. The van der Waals surface area contributed by atoms with Gasteiger partial charge in [0.1, 0.15) is 12.7 Å². The second-order valence-corrected chi connectivity index (χ2v) is 3.50. The van der Waals surface area contributed by atoms with E-state index < -0.39 is 0 Å². The van der Waals surface area contributed by atoms with Gasteiger partial charge in [-0.05, 0) is 20.3 Å². The Morgan fingerprint density at radius 1 is 1.77 bits per heavy atom. The molecule has 2 atom stereocenters. The van der Waals surface area contributed by atoms with Gasteiger partial charge in [-0.15, -0.1) is 0 Å². The minimum absolute atomic E-state index is 0.0624. The summed E-state index contributed by atoms with van der Waals surface area (Å²) in [5.41, 5.74) is 1.30. The monoisotopic (exact) mass is 184 g/mol. The van der Waals surface area contributed by atoms with Crippen LogP contribution in [0.25, 0.3) is 0 Å². The molecule has 0 aromatic heterocycles. The van der Waals surface area contributed by atoms with Crippen molar-refractivity contribution in [3.8, 4) is 0 Å². The maximum atomic E-state index is 10.6. The highest BCUT2D eigenvalue weighted by atomic mass is 16.6. The molecule has 0 aromatic rings. The highest BCUT2D eigenvalue weighted by Gasteiger charge is 2.18. The van der Waals surface area contributed by atoms with Crippen LogP contribution in [0.2, 0.25) is 0 Å². The van der Waals surface area contributed by atoms with E-state index in [4.69, 9.17) is 9.47 Å². The van der Waals surface area contributed by atoms with Crippen molar-refractivity contribution in [3.05, 3.63) is 11.6 Å². The molecule has 74 valence electrons. The second-order valence-electron chi connectivity index (χ2n) is 3.50. The highest BCUT2D eigenvalue weighted by Crippen LogP contribution is 2.18. The van der Waals surface area contributed by atoms with E-state index in [0.717, 1.165) is 6.42 Å². The smallest absolute Gasteiger partial charge is 0.302 e. The molecule has 0 N–H and O–H groups in total. The Kier molecular flexibility index (Phi) is 3.48. The lowest BCUT2D eigenvalue weighted by atomic mass is 10.1. The van der Waals surface area contributed by atoms with Crippen LogP contribution in [0.15, 0.2) is 11.6 Å². The van der Waals surface area contributed by atoms with Gasteiger partial charge in [0.25, 0.3) is 0 Å². The van der Waals surface area contributed by atoms with Gasteiger partial charge in [0.2, 0.25) is 0 Å². The van der Waals surface area contributed by atoms with Gasteiger partial charge < -0.3 is 9.47 Å². The third kappa shape index (κ3) is 3.59. The molecule has 0 fully saturated rings. The molecule has 0 aliphatic carbocycles. The summed E-state index contributed by atoms with van der Waals surface area (Å²) in [7, 11) is 0. The number of carbonyl (C=O) groups excluding carboxylic acids is 1. The van der Waals surface area contributed by atoms with E-state index in [1.54, 1.807) is 0 Å². The van der Waals surface area contributed by atoms with E-state index in [-0.39, 0.29) is 18.2 Å². The zero-order valence-corrected chi connectivity index (χ0v) is 8.37. The molecule has 0 bridgehead atoms. The number of ether oxygens (including phenoxy) is 2. The summed E-state index contributed by atoms with van der Waals surface area (Å²) in [5, 5.41) is 0. The lowest BCUT2D eigenvalue weighted by Gasteiger charge is -2.25. The average molecular weight is 184 g/mol. The highest BCUT2D eigenvalue weighted by molar-refractivity contribution is 5.65. The first-order chi connectivity index (χ1) is 6.08. The van der Waals surface area contributed by atoms with Crippen LogP contribution in [0.3, 0.4) is 0 Å². The van der Waals surface area contributed by atoms with Gasteiger partial charge in [-0.1, -0.05) is 11.6 Å². The second kappa shape index (κ2) is 4.42. The lowest BCUT2D eigenvalue weighted by Crippen LogP contribution is -2.28. The molecule has 0 spiro atoms. The van der Waals surface area contributed by atoms with Crippen LogP contribution in [0.4, 0.5) is 0 Å². The van der Waals surface area contributed by atoms with Crippen LogP contribution in [-0.4, -0.2) is 24.8 Å². The molecule has 0 aromatic carbocycles. The Morgan fingerprint density at radius 2 is 2.46 bits per heavy atom. The Labute approximate surface area is 78.7 Å². The summed E-state index contributed by atoms with van der Waals surface area (Å²) in [4.78, 5) is 10.6. The molecule has 0 radical (unpaired) electrons. The average Bonchev–Trinajstić information content (AvgIpc) is 1.99. The Hall–Kier alpha value is -0.830. The van der Waals surface area contributed by atoms with Crippen LogP contribution >= 0.6 is 0 Å². The molecule has 0 saturated heterocycles. The summed E-state index contributed by atoms with van der Waals surface area (Å²) in [5.74, 6) is -0.257. The summed E-state index contributed by atoms with van der Waals surface area (Å²) >= 11 is 0. The first kappa shape index (κ1) is 10.3. The maximum Gasteiger partial charge on any atom is 0.302 e. The van der Waals surface area contributed by atoms with E-state index in [9.17, 15) is 4.79 Å². The Bertz CT molecular complexity index is 220. The van der Waals surface area contributed by atoms with Crippen molar-refractivity contribution in [2.75, 3.05) is 6.61 Å². The Morgan fingerprint density at radius 3 is 3.00 bits per heavy atom. The largest absolute Gasteiger partial charge is 0.463 e. The third-order valence-electron chi connectivity index (χ3n) is 1.94. The molecule has 1 rings (SSSR count). The van der Waals surface area contributed by atoms with Crippen LogP contribution in [0.1, 0.15) is 27.2 Å². The van der Waals surface area contributed by atoms with Crippen LogP contribution < -0.4 is 0 Å². The van der Waals surface area contributed by atoms with E-state index in [2.05, 4.69) is 6.92 Å². The summed E-state index contributed by atoms with van der Waals surface area (Å²) in [6.45, 7) is 5.83. The molecule has 3 nitrogen and oxygen atoms in total. The van der Waals surface area contributed by atoms with Crippen LogP contribution in [0.5, 0.6) is 0 Å². The molecule has 0 unspecified atom stereocenters. The van der Waals surface area contributed by atoms with Crippen molar-refractivity contribution in [3.63, 3.8) is 0 Å². The third-order valence-corrected chi connectivity index (χ3v) is 1.94. The zero-order chi connectivity index (χ0) is 9.84. The summed E-state index contributed by atoms with van der Waals surface area (Å²) in [6.07, 6.45) is 3.15. The van der Waals surface area contributed by atoms with Crippen molar-refractivity contribution in [2.45, 2.75) is 39.4 Å². The standard InChI is InChI=1S/C10H16O3/c1-7-4-8(2)13-10(5-7)6-12-9(3)11/h5,8,10H,4,6H2,1-3H3/t8-,10-/m0/s1. The van der Waals surface area contributed by atoms with Gasteiger partial charge in [0.05, 0.1) is 6.10 Å². The van der Waals surface area contributed by atoms with Gasteiger partial charge in [-0.3, -0.25) is 4.79 Å². The normalized spacial score (nSPS) is 28.1. The molecule has 3 heteroatoms. The lowest BCUT2D eigenvalue weighted by molar-refractivity contribution is -0.145. The Balaban J connectivity index is 2.41. The zero-order valence-electron chi connectivity index (χ0n) is 8.37. The molecule has 13 heavy (non-hydrogen) atoms. The number of rotatable bonds is 2. The molecular formula is C10H16O3. The quantitative estimate of drug-likeness (QED) is 0.483. The van der Waals surface area contributed by atoms with Crippen LogP contribution in [-0.2, 0) is 14.3 Å². The number of hydrogen-bond donors (Lipinski definition) is 0. The van der Waals surface area contributed by atoms with Gasteiger partial charge in [0.15, 0.2) is 0 Å². The molecule has 0 saturated carbocycles. The van der Waals surface area contributed by atoms with Gasteiger partial charge in [0, 0.05) is 6.92 Å². The SMILES string of the molecule is CC(=O)OC[C@@H]1C=C(C)C[C@H](C)O1. The van der Waals surface area contributed by atoms with Crippen LogP contribution in [0, 0.1) is 0 Å². The predicted octanol–water partition coefficient (Wildman–Crippen LogP) is 1.67. The fraction of sp³-hybridized carbons (Fsp3) is 0.700. The minimum atomic E-state index is -0.257. The van der Waals surface area contributed by atoms with Crippen molar-refractivity contribution in [1.29, 1.82) is 0 Å². The van der Waals surface area contributed by atoms with E-state index >= 15 is 0 Å². The van der Waals surface area contributed by atoms with Gasteiger partial charge in [-0.2, -0.15) is 0 Å². The first-order valence-corrected chi connectivity index (χ1v) is 4.54. The van der Waals surface area contributed by atoms with E-state index in [0.29, 0.717) is 6.61 Å². The maximum absolute atomic E-state index is 10.6. The number of esters is 1. The summed E-state index contributed by atoms with van der Waals surface area (Å²) in [6, 6.07) is 0. The fourth-order valence-corrected chi connectivity index (χ4v) is 1.51.